The standard InChI is InChI=1S/C18H19N5O3S2/c1-12-10-13(2)20-18(19-12)22-21-16(24)11-14-5-7-15(8-6-14)23-28(25,26)17-4-3-9-27-17/h3-10,23H,11H2,1-2H3,(H,21,24)(H,19,20,22). The maximum Gasteiger partial charge on any atom is 0.271 e. The van der Waals surface area contributed by atoms with Crippen molar-refractivity contribution in [1.82, 2.24) is 15.4 Å². The molecule has 0 bridgehead atoms. The molecule has 0 spiro atoms. The molecule has 2 heterocycles. The number of hydrogen-bond donors (Lipinski definition) is 3. The first-order valence-electron chi connectivity index (χ1n) is 8.34. The molecule has 0 aliphatic carbocycles. The van der Waals surface area contributed by atoms with E-state index in [-0.39, 0.29) is 16.5 Å². The van der Waals surface area contributed by atoms with Gasteiger partial charge >= 0.3 is 0 Å². The average molecular weight is 418 g/mol. The van der Waals surface area contributed by atoms with Crippen LogP contribution in [-0.4, -0.2) is 24.3 Å². The molecule has 0 atom stereocenters. The Morgan fingerprint density at radius 2 is 1.75 bits per heavy atom. The summed E-state index contributed by atoms with van der Waals surface area (Å²) in [6, 6.07) is 11.7. The van der Waals surface area contributed by atoms with Crippen molar-refractivity contribution in [3.8, 4) is 0 Å². The molecule has 0 aliphatic heterocycles. The summed E-state index contributed by atoms with van der Waals surface area (Å²) in [4.78, 5) is 20.4. The van der Waals surface area contributed by atoms with Crippen LogP contribution < -0.4 is 15.6 Å². The lowest BCUT2D eigenvalue weighted by Gasteiger charge is -2.09. The van der Waals surface area contributed by atoms with Gasteiger partial charge in [0.15, 0.2) is 0 Å². The molecule has 0 saturated heterocycles. The summed E-state index contributed by atoms with van der Waals surface area (Å²) in [5, 5.41) is 1.70. The molecule has 146 valence electrons. The molecule has 0 saturated carbocycles. The summed E-state index contributed by atoms with van der Waals surface area (Å²) in [5.41, 5.74) is 8.00. The lowest BCUT2D eigenvalue weighted by atomic mass is 10.1. The zero-order valence-electron chi connectivity index (χ0n) is 15.3. The third kappa shape index (κ3) is 5.27. The Labute approximate surface area is 167 Å². The number of sulfonamides is 1. The normalized spacial score (nSPS) is 11.1. The zero-order valence-corrected chi connectivity index (χ0v) is 16.9. The van der Waals surface area contributed by atoms with Gasteiger partial charge in [0.2, 0.25) is 11.9 Å². The van der Waals surface area contributed by atoms with E-state index in [2.05, 4.69) is 25.5 Å². The highest BCUT2D eigenvalue weighted by atomic mass is 32.2. The number of nitrogens with one attached hydrogen (secondary N) is 3. The predicted molar refractivity (Wildman–Crippen MR) is 109 cm³/mol. The Morgan fingerprint density at radius 1 is 1.07 bits per heavy atom. The molecule has 1 aromatic carbocycles. The number of rotatable bonds is 7. The summed E-state index contributed by atoms with van der Waals surface area (Å²) in [5.74, 6) is 0.0545. The molecular weight excluding hydrogens is 398 g/mol. The van der Waals surface area contributed by atoms with Gasteiger partial charge in [0.1, 0.15) is 4.21 Å². The second-order valence-electron chi connectivity index (χ2n) is 6.06. The van der Waals surface area contributed by atoms with Gasteiger partial charge in [-0.05, 0) is 49.1 Å². The third-order valence-electron chi connectivity index (χ3n) is 3.63. The van der Waals surface area contributed by atoms with E-state index < -0.39 is 10.0 Å². The van der Waals surface area contributed by atoms with E-state index >= 15 is 0 Å². The Kier molecular flexibility index (Phi) is 5.90. The minimum absolute atomic E-state index is 0.121. The van der Waals surface area contributed by atoms with Gasteiger partial charge in [0.25, 0.3) is 10.0 Å². The maximum atomic E-state index is 12.2. The van der Waals surface area contributed by atoms with Crippen molar-refractivity contribution in [3.63, 3.8) is 0 Å². The fourth-order valence-corrected chi connectivity index (χ4v) is 4.50. The number of carbonyl (C=O) groups is 1. The number of hydrogen-bond acceptors (Lipinski definition) is 7. The lowest BCUT2D eigenvalue weighted by Crippen LogP contribution is -2.31. The largest absolute Gasteiger partial charge is 0.279 e. The number of carbonyl (C=O) groups excluding carboxylic acids is 1. The number of nitrogens with zero attached hydrogens (tertiary/aromatic N) is 2. The van der Waals surface area contributed by atoms with Gasteiger partial charge in [-0.2, -0.15) is 0 Å². The van der Waals surface area contributed by atoms with Crippen molar-refractivity contribution in [2.24, 2.45) is 0 Å². The second-order valence-corrected chi connectivity index (χ2v) is 8.92. The Balaban J connectivity index is 1.55. The van der Waals surface area contributed by atoms with E-state index in [9.17, 15) is 13.2 Å². The Morgan fingerprint density at radius 3 is 2.36 bits per heavy atom. The number of aromatic nitrogens is 2. The van der Waals surface area contributed by atoms with Crippen LogP contribution in [-0.2, 0) is 21.2 Å². The van der Waals surface area contributed by atoms with Crippen molar-refractivity contribution < 1.29 is 13.2 Å². The van der Waals surface area contributed by atoms with Crippen LogP contribution in [0.4, 0.5) is 11.6 Å². The predicted octanol–water partition coefficient (Wildman–Crippen LogP) is 2.64. The molecule has 0 aliphatic rings. The molecule has 1 amide bonds. The smallest absolute Gasteiger partial charge is 0.271 e. The van der Waals surface area contributed by atoms with Crippen LogP contribution in [0.1, 0.15) is 17.0 Å². The van der Waals surface area contributed by atoms with Gasteiger partial charge in [-0.25, -0.2) is 18.4 Å². The molecule has 3 rings (SSSR count). The molecular formula is C18H19N5O3S2. The van der Waals surface area contributed by atoms with Crippen molar-refractivity contribution in [3.05, 3.63) is 64.8 Å². The van der Waals surface area contributed by atoms with E-state index in [0.717, 1.165) is 28.3 Å². The maximum absolute atomic E-state index is 12.2. The van der Waals surface area contributed by atoms with Gasteiger partial charge in [0, 0.05) is 17.1 Å². The molecule has 3 N–H and O–H groups in total. The molecule has 2 aromatic heterocycles. The minimum Gasteiger partial charge on any atom is -0.279 e. The van der Waals surface area contributed by atoms with Gasteiger partial charge in [-0.3, -0.25) is 20.4 Å². The summed E-state index contributed by atoms with van der Waals surface area (Å²) in [6.45, 7) is 3.69. The van der Waals surface area contributed by atoms with Crippen LogP contribution in [0.15, 0.2) is 52.1 Å². The first-order valence-corrected chi connectivity index (χ1v) is 10.7. The van der Waals surface area contributed by atoms with Gasteiger partial charge in [0.05, 0.1) is 6.42 Å². The van der Waals surface area contributed by atoms with Crippen molar-refractivity contribution in [2.75, 3.05) is 10.1 Å². The van der Waals surface area contributed by atoms with Crippen LogP contribution in [0.5, 0.6) is 0 Å². The summed E-state index contributed by atoms with van der Waals surface area (Å²) < 4.78 is 27.2. The SMILES string of the molecule is Cc1cc(C)nc(NNC(=O)Cc2ccc(NS(=O)(=O)c3cccs3)cc2)n1. The summed E-state index contributed by atoms with van der Waals surface area (Å²) in [6.07, 6.45) is 0.121. The monoisotopic (exact) mass is 417 g/mol. The lowest BCUT2D eigenvalue weighted by molar-refractivity contribution is -0.119. The van der Waals surface area contributed by atoms with Crippen LogP contribution in [0, 0.1) is 13.8 Å². The number of thiophene rings is 1. The molecule has 0 unspecified atom stereocenters. The van der Waals surface area contributed by atoms with E-state index in [1.807, 2.05) is 19.9 Å². The molecule has 0 radical (unpaired) electrons. The van der Waals surface area contributed by atoms with Crippen molar-refractivity contribution >= 4 is 38.9 Å². The molecule has 0 fully saturated rings. The second kappa shape index (κ2) is 8.36. The first-order chi connectivity index (χ1) is 13.3. The van der Waals surface area contributed by atoms with E-state index in [1.165, 1.54) is 6.07 Å². The molecule has 8 nitrogen and oxygen atoms in total. The van der Waals surface area contributed by atoms with Crippen LogP contribution in [0.2, 0.25) is 0 Å². The number of aryl methyl sites for hydroxylation is 2. The Hall–Kier alpha value is -2.98. The molecule has 28 heavy (non-hydrogen) atoms. The summed E-state index contributed by atoms with van der Waals surface area (Å²) >= 11 is 1.15. The highest BCUT2D eigenvalue weighted by Crippen LogP contribution is 2.20. The van der Waals surface area contributed by atoms with E-state index in [1.54, 1.807) is 35.7 Å². The van der Waals surface area contributed by atoms with Gasteiger partial charge < -0.3 is 0 Å². The van der Waals surface area contributed by atoms with Crippen LogP contribution in [0.3, 0.4) is 0 Å². The number of benzene rings is 1. The van der Waals surface area contributed by atoms with Crippen LogP contribution >= 0.6 is 11.3 Å². The fraction of sp³-hybridized carbons (Fsp3) is 0.167. The number of hydrazine groups is 1. The highest BCUT2D eigenvalue weighted by molar-refractivity contribution is 7.94. The number of amides is 1. The van der Waals surface area contributed by atoms with E-state index in [0.29, 0.717) is 11.6 Å². The number of anilines is 2. The minimum atomic E-state index is -3.59. The average Bonchev–Trinajstić information content (AvgIpc) is 3.16. The van der Waals surface area contributed by atoms with Crippen LogP contribution in [0.25, 0.3) is 0 Å². The van der Waals surface area contributed by atoms with Gasteiger partial charge in [-0.1, -0.05) is 18.2 Å². The van der Waals surface area contributed by atoms with Gasteiger partial charge in [-0.15, -0.1) is 11.3 Å². The highest BCUT2D eigenvalue weighted by Gasteiger charge is 2.15. The van der Waals surface area contributed by atoms with E-state index in [4.69, 9.17) is 0 Å². The fourth-order valence-electron chi connectivity index (χ4n) is 2.45. The topological polar surface area (TPSA) is 113 Å². The van der Waals surface area contributed by atoms with Crippen molar-refractivity contribution in [2.45, 2.75) is 24.5 Å². The molecule has 3 aromatic rings. The van der Waals surface area contributed by atoms with Crippen molar-refractivity contribution in [1.29, 1.82) is 0 Å². The zero-order chi connectivity index (χ0) is 20.1. The quantitative estimate of drug-likeness (QED) is 0.510. The Bertz CT molecular complexity index is 1040. The third-order valence-corrected chi connectivity index (χ3v) is 6.41. The summed E-state index contributed by atoms with van der Waals surface area (Å²) in [7, 11) is -3.59. The first kappa shape index (κ1) is 19.8. The molecule has 10 heteroatoms.